The topological polar surface area (TPSA) is 51.6 Å². The van der Waals surface area contributed by atoms with Gasteiger partial charge in [-0.3, -0.25) is 0 Å². The van der Waals surface area contributed by atoms with E-state index < -0.39 is 0 Å². The Morgan fingerprint density at radius 3 is 2.29 bits per heavy atom. The number of aromatic nitrogens is 4. The minimum atomic E-state index is 0.0645. The molecule has 72 valence electrons. The number of rotatable bonds is 0. The lowest BCUT2D eigenvalue weighted by molar-refractivity contribution is 1.04. The molecule has 0 aliphatic carbocycles. The van der Waals surface area contributed by atoms with Gasteiger partial charge >= 0.3 is 0 Å². The Morgan fingerprint density at radius 1 is 0.857 bits per heavy atom. The van der Waals surface area contributed by atoms with Gasteiger partial charge in [-0.25, -0.2) is 9.97 Å². The average Bonchev–Trinajstić information content (AvgIpc) is 2.12. The monoisotopic (exact) mass is 248 g/mol. The Balaban J connectivity index is 2.95. The molecule has 0 radical (unpaired) electrons. The van der Waals surface area contributed by atoms with Crippen molar-refractivity contribution in [2.75, 3.05) is 0 Å². The van der Waals surface area contributed by atoms with Gasteiger partial charge < -0.3 is 0 Å². The fourth-order valence-corrected chi connectivity index (χ4v) is 1.57. The molecule has 0 aliphatic rings. The van der Waals surface area contributed by atoms with Crippen molar-refractivity contribution in [3.8, 4) is 0 Å². The zero-order valence-corrected chi connectivity index (χ0v) is 9.19. The molecule has 2 aromatic rings. The van der Waals surface area contributed by atoms with Crippen LogP contribution in [-0.4, -0.2) is 20.2 Å². The molecule has 0 amide bonds. The summed E-state index contributed by atoms with van der Waals surface area (Å²) in [6.45, 7) is 1.76. The average molecular weight is 249 g/mol. The standard InChI is InChI=1S/C7H3Cl3N4/c1-2-3-4(13-14-5(2)8)6(9)12-7(10)11-3/h1H3. The van der Waals surface area contributed by atoms with Crippen LogP contribution in [0.1, 0.15) is 5.56 Å². The maximum atomic E-state index is 5.81. The summed E-state index contributed by atoms with van der Waals surface area (Å²) in [7, 11) is 0. The summed E-state index contributed by atoms with van der Waals surface area (Å²) in [6.07, 6.45) is 0. The van der Waals surface area contributed by atoms with Gasteiger partial charge in [-0.1, -0.05) is 23.2 Å². The fourth-order valence-electron chi connectivity index (χ4n) is 1.02. The molecule has 2 rings (SSSR count). The highest BCUT2D eigenvalue weighted by atomic mass is 35.5. The molecule has 0 aromatic carbocycles. The highest BCUT2D eigenvalue weighted by Crippen LogP contribution is 2.24. The lowest BCUT2D eigenvalue weighted by atomic mass is 10.3. The van der Waals surface area contributed by atoms with Crippen molar-refractivity contribution in [2.24, 2.45) is 0 Å². The first-order valence-corrected chi connectivity index (χ1v) is 4.74. The molecule has 2 heterocycles. The van der Waals surface area contributed by atoms with E-state index in [2.05, 4.69) is 20.2 Å². The third-order valence-corrected chi connectivity index (χ3v) is 2.51. The van der Waals surface area contributed by atoms with Crippen molar-refractivity contribution in [3.63, 3.8) is 0 Å². The second kappa shape index (κ2) is 3.46. The van der Waals surface area contributed by atoms with E-state index in [1.807, 2.05) is 0 Å². The first-order valence-electron chi connectivity index (χ1n) is 3.61. The molecule has 0 saturated heterocycles. The minimum absolute atomic E-state index is 0.0645. The van der Waals surface area contributed by atoms with E-state index in [1.165, 1.54) is 0 Å². The Labute approximate surface area is 94.2 Å². The normalized spacial score (nSPS) is 10.9. The summed E-state index contributed by atoms with van der Waals surface area (Å²) in [6, 6.07) is 0. The van der Waals surface area contributed by atoms with E-state index >= 15 is 0 Å². The van der Waals surface area contributed by atoms with Gasteiger partial charge in [0.05, 0.1) is 0 Å². The Morgan fingerprint density at radius 2 is 1.57 bits per heavy atom. The predicted octanol–water partition coefficient (Wildman–Crippen LogP) is 2.69. The molecule has 4 nitrogen and oxygen atoms in total. The van der Waals surface area contributed by atoms with Crippen molar-refractivity contribution in [3.05, 3.63) is 21.2 Å². The van der Waals surface area contributed by atoms with Gasteiger partial charge in [-0.05, 0) is 18.5 Å². The zero-order valence-electron chi connectivity index (χ0n) is 6.92. The van der Waals surface area contributed by atoms with Crippen LogP contribution in [0.2, 0.25) is 15.6 Å². The van der Waals surface area contributed by atoms with Crippen molar-refractivity contribution in [2.45, 2.75) is 6.92 Å². The summed E-state index contributed by atoms with van der Waals surface area (Å²) < 4.78 is 0. The van der Waals surface area contributed by atoms with Crippen molar-refractivity contribution >= 4 is 45.8 Å². The number of nitrogens with zero attached hydrogens (tertiary/aromatic N) is 4. The van der Waals surface area contributed by atoms with Crippen LogP contribution in [-0.2, 0) is 0 Å². The molecule has 0 unspecified atom stereocenters. The number of fused-ring (bicyclic) bond motifs is 1. The molecule has 0 N–H and O–H groups in total. The van der Waals surface area contributed by atoms with Crippen LogP contribution >= 0.6 is 34.8 Å². The van der Waals surface area contributed by atoms with Gasteiger partial charge in [0.15, 0.2) is 10.3 Å². The number of aryl methyl sites for hydroxylation is 1. The molecular formula is C7H3Cl3N4. The molecular weight excluding hydrogens is 246 g/mol. The van der Waals surface area contributed by atoms with Crippen LogP contribution in [0, 0.1) is 6.92 Å². The number of halogens is 3. The van der Waals surface area contributed by atoms with Crippen molar-refractivity contribution < 1.29 is 0 Å². The smallest absolute Gasteiger partial charge is 0.216 e. The van der Waals surface area contributed by atoms with Crippen LogP contribution in [0.5, 0.6) is 0 Å². The van der Waals surface area contributed by atoms with E-state index in [4.69, 9.17) is 34.8 Å². The Hall–Kier alpha value is -0.710. The highest BCUT2D eigenvalue weighted by Gasteiger charge is 2.11. The number of hydrogen-bond donors (Lipinski definition) is 0. The van der Waals surface area contributed by atoms with Crippen LogP contribution in [0.3, 0.4) is 0 Å². The van der Waals surface area contributed by atoms with Crippen LogP contribution in [0.25, 0.3) is 11.0 Å². The second-order valence-electron chi connectivity index (χ2n) is 2.60. The van der Waals surface area contributed by atoms with Gasteiger partial charge in [0.1, 0.15) is 11.0 Å². The zero-order chi connectivity index (χ0) is 10.3. The van der Waals surface area contributed by atoms with E-state index in [9.17, 15) is 0 Å². The maximum Gasteiger partial charge on any atom is 0.224 e. The molecule has 0 bridgehead atoms. The van der Waals surface area contributed by atoms with Gasteiger partial charge in [-0.15, -0.1) is 10.2 Å². The third kappa shape index (κ3) is 1.49. The quantitative estimate of drug-likeness (QED) is 0.532. The van der Waals surface area contributed by atoms with Crippen molar-refractivity contribution in [1.29, 1.82) is 0 Å². The van der Waals surface area contributed by atoms with Crippen molar-refractivity contribution in [1.82, 2.24) is 20.2 Å². The maximum absolute atomic E-state index is 5.81. The lowest BCUT2D eigenvalue weighted by Crippen LogP contribution is -1.95. The van der Waals surface area contributed by atoms with Crippen LogP contribution in [0.15, 0.2) is 0 Å². The summed E-state index contributed by atoms with van der Waals surface area (Å²) in [5, 5.41) is 8.01. The van der Waals surface area contributed by atoms with E-state index in [0.29, 0.717) is 16.6 Å². The molecule has 0 fully saturated rings. The largest absolute Gasteiger partial charge is 0.224 e. The highest BCUT2D eigenvalue weighted by molar-refractivity contribution is 6.36. The third-order valence-electron chi connectivity index (χ3n) is 1.72. The summed E-state index contributed by atoms with van der Waals surface area (Å²) in [5.74, 6) is 0. The molecule has 0 atom stereocenters. The number of hydrogen-bond acceptors (Lipinski definition) is 4. The van der Waals surface area contributed by atoms with Crippen LogP contribution < -0.4 is 0 Å². The molecule has 0 aliphatic heterocycles. The Kier molecular flexibility index (Phi) is 2.43. The van der Waals surface area contributed by atoms with Gasteiger partial charge in [0.2, 0.25) is 5.28 Å². The van der Waals surface area contributed by atoms with Gasteiger partial charge in [0, 0.05) is 5.56 Å². The first kappa shape index (κ1) is 9.83. The fraction of sp³-hybridized carbons (Fsp3) is 0.143. The van der Waals surface area contributed by atoms with E-state index in [0.717, 1.165) is 0 Å². The van der Waals surface area contributed by atoms with Crippen LogP contribution in [0.4, 0.5) is 0 Å². The summed E-state index contributed by atoms with van der Waals surface area (Å²) in [4.78, 5) is 7.73. The minimum Gasteiger partial charge on any atom is -0.216 e. The van der Waals surface area contributed by atoms with Gasteiger partial charge in [-0.2, -0.15) is 0 Å². The summed E-state index contributed by atoms with van der Waals surface area (Å²) >= 11 is 17.2. The molecule has 0 spiro atoms. The molecule has 2 aromatic heterocycles. The SMILES string of the molecule is Cc1c(Cl)nnc2c(Cl)nc(Cl)nc12. The Bertz CT molecular complexity index is 514. The molecule has 7 heteroatoms. The van der Waals surface area contributed by atoms with E-state index in [1.54, 1.807) is 6.92 Å². The lowest BCUT2D eigenvalue weighted by Gasteiger charge is -2.02. The summed E-state index contributed by atoms with van der Waals surface area (Å²) in [5.41, 5.74) is 1.61. The van der Waals surface area contributed by atoms with Gasteiger partial charge in [0.25, 0.3) is 0 Å². The first-order chi connectivity index (χ1) is 6.59. The second-order valence-corrected chi connectivity index (χ2v) is 3.65. The molecule has 0 saturated carbocycles. The molecule has 14 heavy (non-hydrogen) atoms. The predicted molar refractivity (Wildman–Crippen MR) is 54.9 cm³/mol. The van der Waals surface area contributed by atoms with E-state index in [-0.39, 0.29) is 15.6 Å².